The molecular weight excluding hydrogens is 493 g/mol. The number of ether oxygens (including phenoxy) is 2. The number of rotatable bonds is 28. The van der Waals surface area contributed by atoms with Gasteiger partial charge in [-0.1, -0.05) is 90.2 Å². The molecule has 0 aromatic carbocycles. The molecule has 0 saturated carbocycles. The van der Waals surface area contributed by atoms with Gasteiger partial charge < -0.3 is 20.1 Å². The van der Waals surface area contributed by atoms with Crippen molar-refractivity contribution in [3.8, 4) is 0 Å². The summed E-state index contributed by atoms with van der Waals surface area (Å²) < 4.78 is 32.8. The number of carbonyl (C=O) groups excluding carboxylic acids is 1. The Bertz CT molecular complexity index is 589. The third kappa shape index (κ3) is 26.6. The lowest BCUT2D eigenvalue weighted by Gasteiger charge is -2.20. The fourth-order valence-corrected chi connectivity index (χ4v) is 4.52. The number of hydrogen-bond donors (Lipinski definition) is 2. The van der Waals surface area contributed by atoms with Gasteiger partial charge >= 0.3 is 13.8 Å². The van der Waals surface area contributed by atoms with Crippen LogP contribution in [0.4, 0.5) is 0 Å². The number of allylic oxidation sites excluding steroid dienone is 2. The fraction of sp³-hybridized carbons (Fsp3) is 0.893. The van der Waals surface area contributed by atoms with Crippen molar-refractivity contribution in [2.24, 2.45) is 5.73 Å². The molecule has 0 heterocycles. The van der Waals surface area contributed by atoms with E-state index in [4.69, 9.17) is 24.3 Å². The van der Waals surface area contributed by atoms with Gasteiger partial charge in [0, 0.05) is 19.6 Å². The fourth-order valence-electron chi connectivity index (χ4n) is 3.75. The zero-order chi connectivity index (χ0) is 27.5. The third-order valence-corrected chi connectivity index (χ3v) is 6.92. The molecule has 0 radical (unpaired) electrons. The van der Waals surface area contributed by atoms with Crippen LogP contribution in [0.2, 0.25) is 0 Å². The summed E-state index contributed by atoms with van der Waals surface area (Å²) in [4.78, 5) is 21.9. The highest BCUT2D eigenvalue weighted by atomic mass is 31.2. The summed E-state index contributed by atoms with van der Waals surface area (Å²) in [5.74, 6) is -0.352. The van der Waals surface area contributed by atoms with Gasteiger partial charge in [-0.15, -0.1) is 0 Å². The number of esters is 1. The Balaban J connectivity index is 4.03. The van der Waals surface area contributed by atoms with E-state index in [1.807, 2.05) is 0 Å². The van der Waals surface area contributed by atoms with Crippen LogP contribution >= 0.6 is 7.82 Å². The highest BCUT2D eigenvalue weighted by Crippen LogP contribution is 2.43. The number of unbranched alkanes of at least 4 members (excludes halogenated alkanes) is 13. The topological polar surface area (TPSA) is 117 Å². The normalized spacial score (nSPS) is 14.2. The van der Waals surface area contributed by atoms with E-state index in [0.29, 0.717) is 13.0 Å². The van der Waals surface area contributed by atoms with Crippen LogP contribution in [0.5, 0.6) is 0 Å². The maximum absolute atomic E-state index is 12.2. The van der Waals surface area contributed by atoms with Gasteiger partial charge in [-0.3, -0.25) is 13.8 Å². The lowest BCUT2D eigenvalue weighted by atomic mass is 10.1. The molecule has 2 unspecified atom stereocenters. The Morgan fingerprint density at radius 3 is 1.97 bits per heavy atom. The molecule has 0 spiro atoms. The molecule has 0 fully saturated rings. The first kappa shape index (κ1) is 36.2. The first-order chi connectivity index (χ1) is 17.9. The van der Waals surface area contributed by atoms with Gasteiger partial charge in [0.1, 0.15) is 6.10 Å². The minimum Gasteiger partial charge on any atom is -0.457 e. The lowest BCUT2D eigenvalue weighted by molar-refractivity contribution is -0.154. The van der Waals surface area contributed by atoms with Crippen LogP contribution < -0.4 is 5.73 Å². The van der Waals surface area contributed by atoms with E-state index in [9.17, 15) is 14.3 Å². The standard InChI is InChI=1S/C28H56NO7P/c1-3-5-7-9-10-11-12-13-14-15-16-17-18-20-23-33-25-27(26-35-37(31,32)34-24-22-29)36-28(30)21-19-8-6-4-2/h11-12,27H,3-10,13-26,29H2,1-2H3,(H,31,32)/b12-11-. The minimum atomic E-state index is -4.24. The highest BCUT2D eigenvalue weighted by molar-refractivity contribution is 7.47. The summed E-state index contributed by atoms with van der Waals surface area (Å²) in [6.07, 6.45) is 22.7. The van der Waals surface area contributed by atoms with Crippen LogP contribution in [-0.2, 0) is 27.9 Å². The average Bonchev–Trinajstić information content (AvgIpc) is 2.88. The SMILES string of the molecule is CCCCCC/C=C\CCCCCCCCOCC(COP(=O)(O)OCCN)OC(=O)CCCCCC. The number of carbonyl (C=O) groups is 1. The number of phosphoric acid groups is 1. The number of phosphoric ester groups is 1. The third-order valence-electron chi connectivity index (χ3n) is 5.93. The predicted molar refractivity (Wildman–Crippen MR) is 150 cm³/mol. The van der Waals surface area contributed by atoms with Crippen LogP contribution in [0, 0.1) is 0 Å². The molecule has 0 amide bonds. The van der Waals surface area contributed by atoms with Gasteiger partial charge in [0.15, 0.2) is 0 Å². The van der Waals surface area contributed by atoms with Gasteiger partial charge in [0.2, 0.25) is 0 Å². The molecule has 8 nitrogen and oxygen atoms in total. The van der Waals surface area contributed by atoms with Gasteiger partial charge in [-0.25, -0.2) is 4.57 Å². The van der Waals surface area contributed by atoms with Gasteiger partial charge in [0.05, 0.1) is 19.8 Å². The Hall–Kier alpha value is -0.760. The predicted octanol–water partition coefficient (Wildman–Crippen LogP) is 7.23. The van der Waals surface area contributed by atoms with Crippen LogP contribution in [0.3, 0.4) is 0 Å². The second-order valence-electron chi connectivity index (χ2n) is 9.61. The van der Waals surface area contributed by atoms with E-state index in [1.165, 1.54) is 64.2 Å². The summed E-state index contributed by atoms with van der Waals surface area (Å²) in [7, 11) is -4.24. The summed E-state index contributed by atoms with van der Waals surface area (Å²) in [6.45, 7) is 4.75. The molecular formula is C28H56NO7P. The molecule has 0 bridgehead atoms. The number of nitrogens with two attached hydrogens (primary N) is 1. The zero-order valence-corrected chi connectivity index (χ0v) is 24.6. The maximum Gasteiger partial charge on any atom is 0.472 e. The van der Waals surface area contributed by atoms with E-state index < -0.39 is 13.9 Å². The number of hydrogen-bond acceptors (Lipinski definition) is 7. The van der Waals surface area contributed by atoms with E-state index in [1.54, 1.807) is 0 Å². The first-order valence-electron chi connectivity index (χ1n) is 14.7. The van der Waals surface area contributed by atoms with Crippen molar-refractivity contribution < 1.29 is 32.8 Å². The minimum absolute atomic E-state index is 0.0953. The van der Waals surface area contributed by atoms with Crippen LogP contribution in [-0.4, -0.2) is 49.9 Å². The lowest BCUT2D eigenvalue weighted by Crippen LogP contribution is -2.28. The summed E-state index contributed by atoms with van der Waals surface area (Å²) in [5.41, 5.74) is 5.29. The Kier molecular flexibility index (Phi) is 26.3. The van der Waals surface area contributed by atoms with E-state index in [-0.39, 0.29) is 32.3 Å². The molecule has 0 rings (SSSR count). The van der Waals surface area contributed by atoms with Gasteiger partial charge in [-0.05, 0) is 38.5 Å². The van der Waals surface area contributed by atoms with Crippen molar-refractivity contribution in [1.82, 2.24) is 0 Å². The van der Waals surface area contributed by atoms with Crippen molar-refractivity contribution in [3.63, 3.8) is 0 Å². The monoisotopic (exact) mass is 549 g/mol. The van der Waals surface area contributed by atoms with E-state index >= 15 is 0 Å². The molecule has 0 aliphatic rings. The molecule has 3 N–H and O–H groups in total. The van der Waals surface area contributed by atoms with Crippen LogP contribution in [0.25, 0.3) is 0 Å². The molecule has 220 valence electrons. The second kappa shape index (κ2) is 26.8. The maximum atomic E-state index is 12.2. The first-order valence-corrected chi connectivity index (χ1v) is 16.2. The Morgan fingerprint density at radius 1 is 0.784 bits per heavy atom. The van der Waals surface area contributed by atoms with Crippen LogP contribution in [0.15, 0.2) is 12.2 Å². The van der Waals surface area contributed by atoms with Crippen LogP contribution in [0.1, 0.15) is 123 Å². The molecule has 2 atom stereocenters. The van der Waals surface area contributed by atoms with Crippen molar-refractivity contribution in [3.05, 3.63) is 12.2 Å². The summed E-state index contributed by atoms with van der Waals surface area (Å²) >= 11 is 0. The van der Waals surface area contributed by atoms with Crippen molar-refractivity contribution in [1.29, 1.82) is 0 Å². The summed E-state index contributed by atoms with van der Waals surface area (Å²) in [5, 5.41) is 0. The molecule has 37 heavy (non-hydrogen) atoms. The van der Waals surface area contributed by atoms with Gasteiger partial charge in [0.25, 0.3) is 0 Å². The zero-order valence-electron chi connectivity index (χ0n) is 23.7. The van der Waals surface area contributed by atoms with Crippen molar-refractivity contribution >= 4 is 13.8 Å². The van der Waals surface area contributed by atoms with Gasteiger partial charge in [-0.2, -0.15) is 0 Å². The van der Waals surface area contributed by atoms with Crippen molar-refractivity contribution in [2.45, 2.75) is 129 Å². The Labute approximate surface area is 226 Å². The largest absolute Gasteiger partial charge is 0.472 e. The molecule has 0 aliphatic carbocycles. The van der Waals surface area contributed by atoms with E-state index in [0.717, 1.165) is 38.5 Å². The average molecular weight is 550 g/mol. The summed E-state index contributed by atoms with van der Waals surface area (Å²) in [6, 6.07) is 0. The smallest absolute Gasteiger partial charge is 0.457 e. The molecule has 0 aliphatic heterocycles. The highest BCUT2D eigenvalue weighted by Gasteiger charge is 2.25. The molecule has 0 saturated heterocycles. The second-order valence-corrected chi connectivity index (χ2v) is 11.1. The Morgan fingerprint density at radius 2 is 1.35 bits per heavy atom. The molecule has 9 heteroatoms. The molecule has 0 aromatic heterocycles. The van der Waals surface area contributed by atoms with Crippen molar-refractivity contribution in [2.75, 3.05) is 33.0 Å². The molecule has 0 aromatic rings. The van der Waals surface area contributed by atoms with E-state index in [2.05, 4.69) is 26.0 Å². The quantitative estimate of drug-likeness (QED) is 0.0454.